The van der Waals surface area contributed by atoms with Gasteiger partial charge in [0, 0.05) is 23.9 Å². The summed E-state index contributed by atoms with van der Waals surface area (Å²) in [6, 6.07) is 7.81. The number of anilines is 1. The molecule has 0 saturated heterocycles. The molecule has 3 rings (SSSR count). The number of aromatic amines is 1. The van der Waals surface area contributed by atoms with E-state index in [2.05, 4.69) is 27.7 Å². The van der Waals surface area contributed by atoms with Gasteiger partial charge in [-0.2, -0.15) is 5.10 Å². The summed E-state index contributed by atoms with van der Waals surface area (Å²) in [7, 11) is 0. The number of aromatic nitrogens is 2. The number of allylic oxidation sites excluding steroid dienone is 2. The Hall–Kier alpha value is -2.36. The maximum Gasteiger partial charge on any atom is 0.224 e. The number of nitrogens with one attached hydrogen (secondary N) is 2. The normalized spacial score (nSPS) is 17.3. The van der Waals surface area contributed by atoms with Crippen LogP contribution in [-0.4, -0.2) is 16.1 Å². The first kappa shape index (κ1) is 12.7. The van der Waals surface area contributed by atoms with E-state index in [1.54, 1.807) is 6.20 Å². The van der Waals surface area contributed by atoms with Crippen LogP contribution >= 0.6 is 0 Å². The molecule has 0 spiro atoms. The zero-order valence-electron chi connectivity index (χ0n) is 11.2. The van der Waals surface area contributed by atoms with Crippen molar-refractivity contribution >= 4 is 11.6 Å². The van der Waals surface area contributed by atoms with Crippen molar-refractivity contribution < 1.29 is 4.79 Å². The van der Waals surface area contributed by atoms with E-state index in [4.69, 9.17) is 0 Å². The number of benzene rings is 1. The second-order valence-electron chi connectivity index (χ2n) is 5.09. The highest BCUT2D eigenvalue weighted by Crippen LogP contribution is 2.23. The third-order valence-corrected chi connectivity index (χ3v) is 3.54. The quantitative estimate of drug-likeness (QED) is 0.834. The SMILES string of the molecule is O=C(C[C@H]1C=CCC1)Nc1cccc(-c2cn[nH]c2)c1. The molecule has 4 heteroatoms. The van der Waals surface area contributed by atoms with E-state index in [1.165, 1.54) is 0 Å². The Labute approximate surface area is 117 Å². The molecule has 1 heterocycles. The lowest BCUT2D eigenvalue weighted by Gasteiger charge is -2.09. The number of H-pyrrole nitrogens is 1. The standard InChI is InChI=1S/C16H17N3O/c20-16(8-12-4-1-2-5-12)19-15-7-3-6-13(9-15)14-10-17-18-11-14/h1,3-4,6-7,9-12H,2,5,8H2,(H,17,18)(H,19,20)/t12-/m0/s1. The molecule has 1 aliphatic rings. The third-order valence-electron chi connectivity index (χ3n) is 3.54. The molecule has 4 nitrogen and oxygen atoms in total. The van der Waals surface area contributed by atoms with Crippen LogP contribution in [-0.2, 0) is 4.79 Å². The zero-order valence-corrected chi connectivity index (χ0v) is 11.2. The summed E-state index contributed by atoms with van der Waals surface area (Å²) in [5.41, 5.74) is 2.88. The average Bonchev–Trinajstić information content (AvgIpc) is 3.11. The molecule has 0 saturated carbocycles. The molecule has 20 heavy (non-hydrogen) atoms. The van der Waals surface area contributed by atoms with Crippen LogP contribution in [0.1, 0.15) is 19.3 Å². The van der Waals surface area contributed by atoms with E-state index in [0.717, 1.165) is 29.7 Å². The van der Waals surface area contributed by atoms with E-state index >= 15 is 0 Å². The Balaban J connectivity index is 1.66. The van der Waals surface area contributed by atoms with Gasteiger partial charge in [-0.05, 0) is 36.5 Å². The Morgan fingerprint density at radius 1 is 1.40 bits per heavy atom. The number of carbonyl (C=O) groups is 1. The fourth-order valence-electron chi connectivity index (χ4n) is 2.50. The van der Waals surface area contributed by atoms with Crippen LogP contribution < -0.4 is 5.32 Å². The minimum Gasteiger partial charge on any atom is -0.326 e. The third kappa shape index (κ3) is 2.96. The smallest absolute Gasteiger partial charge is 0.224 e. The molecular weight excluding hydrogens is 250 g/mol. The molecule has 1 atom stereocenters. The maximum absolute atomic E-state index is 12.0. The summed E-state index contributed by atoms with van der Waals surface area (Å²) >= 11 is 0. The highest BCUT2D eigenvalue weighted by atomic mass is 16.1. The van der Waals surface area contributed by atoms with Crippen LogP contribution in [0.15, 0.2) is 48.8 Å². The molecule has 1 amide bonds. The van der Waals surface area contributed by atoms with Crippen molar-refractivity contribution in [3.05, 3.63) is 48.8 Å². The summed E-state index contributed by atoms with van der Waals surface area (Å²) in [5.74, 6) is 0.470. The van der Waals surface area contributed by atoms with Crippen molar-refractivity contribution in [2.75, 3.05) is 5.32 Å². The Morgan fingerprint density at radius 2 is 2.35 bits per heavy atom. The van der Waals surface area contributed by atoms with E-state index in [9.17, 15) is 4.79 Å². The van der Waals surface area contributed by atoms with E-state index < -0.39 is 0 Å². The van der Waals surface area contributed by atoms with Crippen LogP contribution in [0.25, 0.3) is 11.1 Å². The molecular formula is C16H17N3O. The topological polar surface area (TPSA) is 57.8 Å². The molecule has 1 aromatic carbocycles. The summed E-state index contributed by atoms with van der Waals surface area (Å²) in [5, 5.41) is 9.70. The average molecular weight is 267 g/mol. The minimum absolute atomic E-state index is 0.0749. The summed E-state index contributed by atoms with van der Waals surface area (Å²) in [4.78, 5) is 12.0. The second-order valence-corrected chi connectivity index (χ2v) is 5.09. The summed E-state index contributed by atoms with van der Waals surface area (Å²) in [6.45, 7) is 0. The van der Waals surface area contributed by atoms with Gasteiger partial charge in [0.25, 0.3) is 0 Å². The predicted octanol–water partition coefficient (Wildman–Crippen LogP) is 3.37. The number of hydrogen-bond acceptors (Lipinski definition) is 2. The minimum atomic E-state index is 0.0749. The largest absolute Gasteiger partial charge is 0.326 e. The fourth-order valence-corrected chi connectivity index (χ4v) is 2.50. The first-order valence-corrected chi connectivity index (χ1v) is 6.87. The number of rotatable bonds is 4. The van der Waals surface area contributed by atoms with E-state index in [-0.39, 0.29) is 5.91 Å². The van der Waals surface area contributed by atoms with Crippen molar-refractivity contribution in [2.45, 2.75) is 19.3 Å². The number of nitrogens with zero attached hydrogens (tertiary/aromatic N) is 1. The summed E-state index contributed by atoms with van der Waals surface area (Å²) in [6.07, 6.45) is 10.6. The predicted molar refractivity (Wildman–Crippen MR) is 79.1 cm³/mol. The van der Waals surface area contributed by atoms with Gasteiger partial charge in [0.1, 0.15) is 0 Å². The van der Waals surface area contributed by atoms with Crippen molar-refractivity contribution in [2.24, 2.45) is 5.92 Å². The molecule has 0 fully saturated rings. The van der Waals surface area contributed by atoms with Gasteiger partial charge in [0.2, 0.25) is 5.91 Å². The lowest BCUT2D eigenvalue weighted by atomic mass is 10.0. The lowest BCUT2D eigenvalue weighted by Crippen LogP contribution is -2.14. The van der Waals surface area contributed by atoms with E-state index in [0.29, 0.717) is 12.3 Å². The molecule has 1 aromatic heterocycles. The van der Waals surface area contributed by atoms with Gasteiger partial charge in [-0.15, -0.1) is 0 Å². The number of carbonyl (C=O) groups excluding carboxylic acids is 1. The van der Waals surface area contributed by atoms with Crippen LogP contribution in [0, 0.1) is 5.92 Å². The highest BCUT2D eigenvalue weighted by molar-refractivity contribution is 5.91. The fraction of sp³-hybridized carbons (Fsp3) is 0.250. The van der Waals surface area contributed by atoms with Crippen molar-refractivity contribution in [1.82, 2.24) is 10.2 Å². The van der Waals surface area contributed by atoms with Gasteiger partial charge in [0.05, 0.1) is 6.20 Å². The van der Waals surface area contributed by atoms with Crippen LogP contribution in [0.5, 0.6) is 0 Å². The van der Waals surface area contributed by atoms with Crippen molar-refractivity contribution in [3.63, 3.8) is 0 Å². The zero-order chi connectivity index (χ0) is 13.8. The molecule has 2 aromatic rings. The van der Waals surface area contributed by atoms with Crippen molar-refractivity contribution in [3.8, 4) is 11.1 Å². The second kappa shape index (κ2) is 5.74. The molecule has 1 aliphatic carbocycles. The van der Waals surface area contributed by atoms with Gasteiger partial charge in [0.15, 0.2) is 0 Å². The molecule has 0 unspecified atom stereocenters. The van der Waals surface area contributed by atoms with Gasteiger partial charge < -0.3 is 5.32 Å². The van der Waals surface area contributed by atoms with E-state index in [1.807, 2.05) is 30.5 Å². The Bertz CT molecular complexity index is 616. The van der Waals surface area contributed by atoms with Gasteiger partial charge >= 0.3 is 0 Å². The summed E-state index contributed by atoms with van der Waals surface area (Å²) < 4.78 is 0. The molecule has 0 aliphatic heterocycles. The Morgan fingerprint density at radius 3 is 3.10 bits per heavy atom. The van der Waals surface area contributed by atoms with Gasteiger partial charge in [-0.3, -0.25) is 9.89 Å². The Kier molecular flexibility index (Phi) is 3.63. The van der Waals surface area contributed by atoms with Gasteiger partial charge in [-0.1, -0.05) is 24.3 Å². The van der Waals surface area contributed by atoms with Gasteiger partial charge in [-0.25, -0.2) is 0 Å². The maximum atomic E-state index is 12.0. The highest BCUT2D eigenvalue weighted by Gasteiger charge is 2.14. The molecule has 0 bridgehead atoms. The monoisotopic (exact) mass is 267 g/mol. The number of amides is 1. The van der Waals surface area contributed by atoms with Crippen LogP contribution in [0.3, 0.4) is 0 Å². The molecule has 0 radical (unpaired) electrons. The first-order valence-electron chi connectivity index (χ1n) is 6.87. The van der Waals surface area contributed by atoms with Crippen molar-refractivity contribution in [1.29, 1.82) is 0 Å². The molecule has 102 valence electrons. The molecule has 2 N–H and O–H groups in total. The van der Waals surface area contributed by atoms with Crippen LogP contribution in [0.4, 0.5) is 5.69 Å². The van der Waals surface area contributed by atoms with Crippen LogP contribution in [0.2, 0.25) is 0 Å². The number of hydrogen-bond donors (Lipinski definition) is 2. The first-order chi connectivity index (χ1) is 9.81. The lowest BCUT2D eigenvalue weighted by molar-refractivity contribution is -0.116.